The van der Waals surface area contributed by atoms with E-state index in [0.717, 1.165) is 11.1 Å². The normalized spacial score (nSPS) is 23.2. The number of aliphatic imine (C=N–C) groups is 2. The predicted molar refractivity (Wildman–Crippen MR) is 99.6 cm³/mol. The second kappa shape index (κ2) is 7.69. The van der Waals surface area contributed by atoms with Gasteiger partial charge >= 0.3 is 0 Å². The second-order valence-electron chi connectivity index (χ2n) is 6.59. The van der Waals surface area contributed by atoms with E-state index in [2.05, 4.69) is 43.7 Å². The van der Waals surface area contributed by atoms with Crippen molar-refractivity contribution in [3.8, 4) is 0 Å². The van der Waals surface area contributed by atoms with Gasteiger partial charge in [-0.1, -0.05) is 33.8 Å². The van der Waals surface area contributed by atoms with Gasteiger partial charge in [0.05, 0.1) is 12.1 Å². The monoisotopic (exact) mass is 425 g/mol. The van der Waals surface area contributed by atoms with E-state index in [1.165, 1.54) is 0 Å². The van der Waals surface area contributed by atoms with Crippen LogP contribution in [0.2, 0.25) is 0 Å². The van der Waals surface area contributed by atoms with Gasteiger partial charge in [0, 0.05) is 45.4 Å². The van der Waals surface area contributed by atoms with Crippen LogP contribution in [0.15, 0.2) is 28.2 Å². The molecule has 0 amide bonds. The Bertz CT molecular complexity index is 575. The summed E-state index contributed by atoms with van der Waals surface area (Å²) in [6.07, 6.45) is 0. The molecule has 0 saturated heterocycles. The number of benzene rings is 1. The van der Waals surface area contributed by atoms with Gasteiger partial charge in [-0.05, 0) is 24.0 Å². The minimum absolute atomic E-state index is 0. The van der Waals surface area contributed by atoms with Gasteiger partial charge in [-0.3, -0.25) is 0 Å². The first kappa shape index (κ1) is 18.3. The van der Waals surface area contributed by atoms with Crippen LogP contribution in [0.25, 0.3) is 0 Å². The van der Waals surface area contributed by atoms with Crippen molar-refractivity contribution in [1.82, 2.24) is 0 Å². The standard InChI is InChI=1S/C18H23N2O2.Sn.3H2/c1-11(2)15-9-21-17(19-15)13-6-5-7-14(8-13)18-20-16(10-22-18)12(3)4;;;;/h5-7,11-12,15-16H,9-10H2,1-4H3;;3*1H/t15-,16-;;;;/m0..../s1. The van der Waals surface area contributed by atoms with Crippen molar-refractivity contribution in [1.29, 1.82) is 0 Å². The minimum atomic E-state index is 0. The van der Waals surface area contributed by atoms with Crippen LogP contribution in [0.3, 0.4) is 0 Å². The summed E-state index contributed by atoms with van der Waals surface area (Å²) in [6, 6.07) is 9.73. The third-order valence-electron chi connectivity index (χ3n) is 4.14. The Morgan fingerprint density at radius 2 is 1.39 bits per heavy atom. The van der Waals surface area contributed by atoms with Gasteiger partial charge < -0.3 is 9.47 Å². The van der Waals surface area contributed by atoms with E-state index in [-0.39, 0.29) is 40.3 Å². The smallest absolute Gasteiger partial charge is 0.217 e. The van der Waals surface area contributed by atoms with E-state index >= 15 is 0 Å². The van der Waals surface area contributed by atoms with Crippen molar-refractivity contribution in [2.24, 2.45) is 21.8 Å². The van der Waals surface area contributed by atoms with Crippen molar-refractivity contribution >= 4 is 35.7 Å². The SMILES string of the molecule is CC(C)[C@@H]1COC(c2[c]c(C3=N[C@H](C(C)C)CO3)ccc2)=N1.[HH].[HH].[HH].[Sn]. The topological polar surface area (TPSA) is 43.2 Å². The summed E-state index contributed by atoms with van der Waals surface area (Å²) >= 11 is 0. The molecule has 0 aliphatic carbocycles. The molecule has 2 atom stereocenters. The number of hydrogen-bond donors (Lipinski definition) is 0. The molecule has 2 aliphatic heterocycles. The largest absolute Gasteiger partial charge is 0.475 e. The average molecular weight is 424 g/mol. The molecule has 5 radical (unpaired) electrons. The molecule has 3 rings (SSSR count). The number of rotatable bonds is 4. The zero-order valence-electron chi connectivity index (χ0n) is 14.2. The average Bonchev–Trinajstić information content (AvgIpc) is 3.17. The molecule has 2 heterocycles. The molecule has 0 fully saturated rings. The van der Waals surface area contributed by atoms with Crippen LogP contribution in [-0.4, -0.2) is 61.0 Å². The maximum absolute atomic E-state index is 5.73. The maximum Gasteiger partial charge on any atom is 0.217 e. The Kier molecular flexibility index (Phi) is 6.12. The quantitative estimate of drug-likeness (QED) is 0.696. The summed E-state index contributed by atoms with van der Waals surface area (Å²) in [5.74, 6) is 2.32. The van der Waals surface area contributed by atoms with Gasteiger partial charge in [-0.15, -0.1) is 0 Å². The summed E-state index contributed by atoms with van der Waals surface area (Å²) in [6.45, 7) is 9.94. The molecule has 0 aromatic heterocycles. The molecule has 0 bridgehead atoms. The van der Waals surface area contributed by atoms with Gasteiger partial charge in [0.2, 0.25) is 11.8 Å². The van der Waals surface area contributed by atoms with E-state index in [0.29, 0.717) is 36.8 Å². The van der Waals surface area contributed by atoms with Crippen LogP contribution in [0, 0.1) is 17.9 Å². The molecular weight excluding hydrogens is 395 g/mol. The van der Waals surface area contributed by atoms with E-state index in [4.69, 9.17) is 9.47 Å². The van der Waals surface area contributed by atoms with Crippen LogP contribution < -0.4 is 0 Å². The van der Waals surface area contributed by atoms with Crippen molar-refractivity contribution in [2.75, 3.05) is 13.2 Å². The molecule has 0 saturated carbocycles. The Labute approximate surface area is 159 Å². The molecule has 127 valence electrons. The first-order valence-electron chi connectivity index (χ1n) is 7.99. The molecule has 2 aliphatic rings. The van der Waals surface area contributed by atoms with E-state index in [1.807, 2.05) is 18.2 Å². The zero-order chi connectivity index (χ0) is 15.7. The van der Waals surface area contributed by atoms with Crippen molar-refractivity contribution < 1.29 is 13.8 Å². The van der Waals surface area contributed by atoms with Crippen LogP contribution in [0.1, 0.15) is 43.1 Å². The van der Waals surface area contributed by atoms with Crippen molar-refractivity contribution in [3.63, 3.8) is 0 Å². The van der Waals surface area contributed by atoms with Gasteiger partial charge in [0.25, 0.3) is 0 Å². The maximum atomic E-state index is 5.73. The van der Waals surface area contributed by atoms with E-state index in [9.17, 15) is 0 Å². The van der Waals surface area contributed by atoms with E-state index in [1.54, 1.807) is 0 Å². The van der Waals surface area contributed by atoms with Gasteiger partial charge in [-0.25, -0.2) is 9.98 Å². The summed E-state index contributed by atoms with van der Waals surface area (Å²) in [5, 5.41) is 0. The molecule has 4 nitrogen and oxygen atoms in total. The first-order valence-corrected chi connectivity index (χ1v) is 7.99. The number of hydrogen-bond acceptors (Lipinski definition) is 4. The molecule has 1 aromatic rings. The Hall–Kier alpha value is -1.04. The fourth-order valence-corrected chi connectivity index (χ4v) is 2.48. The Morgan fingerprint density at radius 1 is 0.957 bits per heavy atom. The Morgan fingerprint density at radius 3 is 1.74 bits per heavy atom. The van der Waals surface area contributed by atoms with Crippen molar-refractivity contribution in [2.45, 2.75) is 39.8 Å². The summed E-state index contributed by atoms with van der Waals surface area (Å²) in [4.78, 5) is 9.30. The minimum Gasteiger partial charge on any atom is -0.475 e. The summed E-state index contributed by atoms with van der Waals surface area (Å²) in [7, 11) is 0. The fourth-order valence-electron chi connectivity index (χ4n) is 2.48. The van der Waals surface area contributed by atoms with Crippen molar-refractivity contribution in [3.05, 3.63) is 35.4 Å². The fraction of sp³-hybridized carbons (Fsp3) is 0.556. The summed E-state index contributed by atoms with van der Waals surface area (Å²) < 4.78 is 11.5. The first-order chi connectivity index (χ1) is 10.5. The molecule has 1 aromatic carbocycles. The molecule has 5 heteroatoms. The molecule has 0 unspecified atom stereocenters. The van der Waals surface area contributed by atoms with Gasteiger partial charge in [-0.2, -0.15) is 0 Å². The van der Waals surface area contributed by atoms with E-state index < -0.39 is 0 Å². The second-order valence-corrected chi connectivity index (χ2v) is 6.59. The molecule has 0 N–H and O–H groups in total. The van der Waals surface area contributed by atoms with Crippen LogP contribution in [0.5, 0.6) is 0 Å². The molecule has 0 spiro atoms. The third kappa shape index (κ3) is 4.08. The Balaban J connectivity index is 0. The number of ether oxygens (including phenoxy) is 2. The van der Waals surface area contributed by atoms with Gasteiger partial charge in [0.15, 0.2) is 0 Å². The summed E-state index contributed by atoms with van der Waals surface area (Å²) in [5.41, 5.74) is 1.75. The van der Waals surface area contributed by atoms with Crippen LogP contribution >= 0.6 is 0 Å². The molecular formula is C18H29N2O2Sn. The van der Waals surface area contributed by atoms with Crippen LogP contribution in [0.4, 0.5) is 0 Å². The molecule has 23 heavy (non-hydrogen) atoms. The van der Waals surface area contributed by atoms with Gasteiger partial charge in [0.1, 0.15) is 13.2 Å². The zero-order valence-corrected chi connectivity index (χ0v) is 17.0. The third-order valence-corrected chi connectivity index (χ3v) is 4.14. The van der Waals surface area contributed by atoms with Crippen LogP contribution in [-0.2, 0) is 9.47 Å². The predicted octanol–water partition coefficient (Wildman–Crippen LogP) is 3.45. The number of nitrogens with zero attached hydrogens (tertiary/aromatic N) is 2.